The van der Waals surface area contributed by atoms with E-state index >= 15 is 0 Å². The summed E-state index contributed by atoms with van der Waals surface area (Å²) in [7, 11) is 0. The average Bonchev–Trinajstić information content (AvgIpc) is 3.20. The highest BCUT2D eigenvalue weighted by Crippen LogP contribution is 2.58. The van der Waals surface area contributed by atoms with E-state index in [4.69, 9.17) is 9.47 Å². The molecule has 0 amide bonds. The van der Waals surface area contributed by atoms with Gasteiger partial charge in [-0.2, -0.15) is 0 Å². The summed E-state index contributed by atoms with van der Waals surface area (Å²) in [5.74, 6) is -0.628. The number of aryl methyl sites for hydroxylation is 1. The Bertz CT molecular complexity index is 932. The van der Waals surface area contributed by atoms with Crippen LogP contribution in [0.3, 0.4) is 0 Å². The van der Waals surface area contributed by atoms with Crippen molar-refractivity contribution in [3.05, 3.63) is 51.5 Å². The fraction of sp³-hybridized carbons (Fsp3) is 0.278. The van der Waals surface area contributed by atoms with Crippen LogP contribution in [0, 0.1) is 6.92 Å². The molecular formula is C18H16BrNO5. The maximum atomic E-state index is 11.2. The lowest BCUT2D eigenvalue weighted by atomic mass is 9.90. The minimum atomic E-state index is -1.07. The fourth-order valence-corrected chi connectivity index (χ4v) is 3.72. The van der Waals surface area contributed by atoms with Gasteiger partial charge in [0.2, 0.25) is 11.8 Å². The van der Waals surface area contributed by atoms with Gasteiger partial charge in [0.25, 0.3) is 0 Å². The van der Waals surface area contributed by atoms with E-state index in [2.05, 4.69) is 15.9 Å². The summed E-state index contributed by atoms with van der Waals surface area (Å²) < 4.78 is 13.3. The monoisotopic (exact) mass is 405 g/mol. The van der Waals surface area contributed by atoms with Crippen molar-refractivity contribution >= 4 is 21.9 Å². The van der Waals surface area contributed by atoms with E-state index in [0.29, 0.717) is 16.8 Å². The second-order valence-electron chi connectivity index (χ2n) is 6.27. The summed E-state index contributed by atoms with van der Waals surface area (Å²) in [5, 5.41) is 21.6. The molecule has 0 spiro atoms. The third-order valence-corrected chi connectivity index (χ3v) is 5.52. The second-order valence-corrected chi connectivity index (χ2v) is 7.13. The lowest BCUT2D eigenvalue weighted by Crippen LogP contribution is -2.28. The predicted octanol–water partition coefficient (Wildman–Crippen LogP) is 3.36. The molecule has 0 aliphatic carbocycles. The maximum absolute atomic E-state index is 11.2. The first-order valence-corrected chi connectivity index (χ1v) is 8.57. The van der Waals surface area contributed by atoms with Gasteiger partial charge in [-0.25, -0.2) is 0 Å². The van der Waals surface area contributed by atoms with E-state index in [1.165, 1.54) is 11.5 Å². The minimum absolute atomic E-state index is 0.0568. The molecule has 2 aliphatic heterocycles. The largest absolute Gasteiger partial charge is 0.494 e. The number of ether oxygens (including phenoxy) is 2. The molecule has 2 aliphatic rings. The van der Waals surface area contributed by atoms with Crippen molar-refractivity contribution < 1.29 is 24.5 Å². The number of hydrogen-bond acceptors (Lipinski definition) is 5. The average molecular weight is 406 g/mol. The second kappa shape index (κ2) is 5.37. The molecule has 25 heavy (non-hydrogen) atoms. The van der Waals surface area contributed by atoms with E-state index in [-0.39, 0.29) is 18.4 Å². The zero-order valence-corrected chi connectivity index (χ0v) is 15.2. The number of aromatic hydroxyl groups is 2. The molecule has 0 unspecified atom stereocenters. The number of halogens is 1. The smallest absolute Gasteiger partial charge is 0.302 e. The van der Waals surface area contributed by atoms with Crippen molar-refractivity contribution in [2.45, 2.75) is 25.6 Å². The number of nitrogens with zero attached hydrogens (tertiary/aromatic N) is 1. The molecule has 3 heterocycles. The van der Waals surface area contributed by atoms with Crippen molar-refractivity contribution in [1.82, 2.24) is 4.57 Å². The summed E-state index contributed by atoms with van der Waals surface area (Å²) in [5.41, 5.74) is 1.49. The van der Waals surface area contributed by atoms with E-state index in [1.807, 2.05) is 19.1 Å². The molecule has 7 heteroatoms. The summed E-state index contributed by atoms with van der Waals surface area (Å²) >= 11 is 3.44. The van der Waals surface area contributed by atoms with Gasteiger partial charge in [0.1, 0.15) is 12.7 Å². The molecule has 6 nitrogen and oxygen atoms in total. The first kappa shape index (κ1) is 16.2. The molecule has 2 bridgehead atoms. The molecule has 1 aromatic heterocycles. The number of fused-ring (bicyclic) bond motifs is 5. The molecule has 0 radical (unpaired) electrons. The molecule has 1 aromatic carbocycles. The van der Waals surface area contributed by atoms with E-state index in [1.54, 1.807) is 18.2 Å². The maximum Gasteiger partial charge on any atom is 0.302 e. The quantitative estimate of drug-likeness (QED) is 0.604. The summed E-state index contributed by atoms with van der Waals surface area (Å²) in [6, 6.07) is 5.50. The zero-order chi connectivity index (χ0) is 17.9. The number of hydrogen-bond donors (Lipinski definition) is 2. The van der Waals surface area contributed by atoms with Crippen LogP contribution in [0.5, 0.6) is 11.8 Å². The molecule has 0 saturated carbocycles. The lowest BCUT2D eigenvalue weighted by Gasteiger charge is -2.23. The highest BCUT2D eigenvalue weighted by atomic mass is 79.9. The molecule has 2 aromatic rings. The first-order chi connectivity index (χ1) is 11.8. The van der Waals surface area contributed by atoms with Crippen molar-refractivity contribution in [2.24, 2.45) is 0 Å². The van der Waals surface area contributed by atoms with Gasteiger partial charge in [-0.3, -0.25) is 9.36 Å². The van der Waals surface area contributed by atoms with E-state index in [0.717, 1.165) is 10.0 Å². The van der Waals surface area contributed by atoms with Crippen molar-refractivity contribution in [1.29, 1.82) is 0 Å². The van der Waals surface area contributed by atoms with Gasteiger partial charge in [-0.05, 0) is 36.8 Å². The number of benzene rings is 1. The van der Waals surface area contributed by atoms with E-state index < -0.39 is 17.7 Å². The zero-order valence-electron chi connectivity index (χ0n) is 13.6. The van der Waals surface area contributed by atoms with Gasteiger partial charge in [-0.1, -0.05) is 22.0 Å². The van der Waals surface area contributed by atoms with Crippen molar-refractivity contribution in [3.8, 4) is 17.4 Å². The Morgan fingerprint density at radius 2 is 2.16 bits per heavy atom. The van der Waals surface area contributed by atoms with Crippen LogP contribution >= 0.6 is 15.9 Å². The standard InChI is InChI=1S/C18H16BrNO5/c1-9-7-11(3-4-12(9)19)20-16(22)14-13-5-6-18(25-13,8-24-10(2)21)15(14)17(20)23/h3-7,13,22-23H,8H2,1-2H3/t13-,18-/m1/s1. The van der Waals surface area contributed by atoms with Gasteiger partial charge in [0.05, 0.1) is 16.8 Å². The molecule has 2 N–H and O–H groups in total. The van der Waals surface area contributed by atoms with Crippen molar-refractivity contribution in [3.63, 3.8) is 0 Å². The van der Waals surface area contributed by atoms with Crippen LogP contribution in [0.15, 0.2) is 34.8 Å². The number of aromatic nitrogens is 1. The molecule has 0 saturated heterocycles. The SMILES string of the molecule is CC(=O)OC[C@@]12C=C[C@@H](O1)c1c2c(O)n(-c2ccc(Br)c(C)c2)c1O. The number of esters is 1. The van der Waals surface area contributed by atoms with Crippen LogP contribution in [0.2, 0.25) is 0 Å². The Hall–Kier alpha value is -2.25. The highest BCUT2D eigenvalue weighted by Gasteiger charge is 2.53. The number of rotatable bonds is 3. The van der Waals surface area contributed by atoms with Crippen LogP contribution in [0.4, 0.5) is 0 Å². The summed E-state index contributed by atoms with van der Waals surface area (Å²) in [4.78, 5) is 11.2. The van der Waals surface area contributed by atoms with Gasteiger partial charge < -0.3 is 19.7 Å². The Morgan fingerprint density at radius 3 is 2.84 bits per heavy atom. The molecule has 2 atom stereocenters. The molecular weight excluding hydrogens is 390 g/mol. The Morgan fingerprint density at radius 1 is 1.40 bits per heavy atom. The van der Waals surface area contributed by atoms with Crippen LogP contribution in [-0.4, -0.2) is 27.4 Å². The van der Waals surface area contributed by atoms with Crippen LogP contribution in [0.1, 0.15) is 29.7 Å². The van der Waals surface area contributed by atoms with Gasteiger partial charge in [0.15, 0.2) is 5.60 Å². The van der Waals surface area contributed by atoms with Gasteiger partial charge in [0, 0.05) is 11.4 Å². The summed E-state index contributed by atoms with van der Waals surface area (Å²) in [6.45, 7) is 3.18. The van der Waals surface area contributed by atoms with Crippen LogP contribution in [-0.2, 0) is 19.9 Å². The Labute approximate surface area is 152 Å². The lowest BCUT2D eigenvalue weighted by molar-refractivity contribution is -0.149. The topological polar surface area (TPSA) is 80.9 Å². The van der Waals surface area contributed by atoms with E-state index in [9.17, 15) is 15.0 Å². The van der Waals surface area contributed by atoms with Crippen molar-refractivity contribution in [2.75, 3.05) is 6.61 Å². The van der Waals surface area contributed by atoms with Crippen LogP contribution in [0.25, 0.3) is 5.69 Å². The molecule has 130 valence electrons. The first-order valence-electron chi connectivity index (χ1n) is 7.78. The predicted molar refractivity (Wildman–Crippen MR) is 92.8 cm³/mol. The Kier molecular flexibility index (Phi) is 3.49. The van der Waals surface area contributed by atoms with Gasteiger partial charge >= 0.3 is 5.97 Å². The molecule has 4 rings (SSSR count). The Balaban J connectivity index is 1.86. The number of carbonyl (C=O) groups excluding carboxylic acids is 1. The third-order valence-electron chi connectivity index (χ3n) is 4.63. The van der Waals surface area contributed by atoms with Crippen LogP contribution < -0.4 is 0 Å². The summed E-state index contributed by atoms with van der Waals surface area (Å²) in [6.07, 6.45) is 3.08. The minimum Gasteiger partial charge on any atom is -0.494 e. The third kappa shape index (κ3) is 2.22. The molecule has 0 fully saturated rings. The normalized spacial score (nSPS) is 23.1. The number of carbonyl (C=O) groups is 1. The fourth-order valence-electron chi connectivity index (χ4n) is 3.47. The van der Waals surface area contributed by atoms with Gasteiger partial charge in [-0.15, -0.1) is 0 Å². The highest BCUT2D eigenvalue weighted by molar-refractivity contribution is 9.10.